The van der Waals surface area contributed by atoms with Gasteiger partial charge in [-0.3, -0.25) is 9.78 Å². The molecule has 0 unspecified atom stereocenters. The van der Waals surface area contributed by atoms with Crippen molar-refractivity contribution in [2.75, 3.05) is 19.8 Å². The third kappa shape index (κ3) is 5.41. The number of hydrogen-bond donors (Lipinski definition) is 0. The molecule has 1 aromatic rings. The van der Waals surface area contributed by atoms with E-state index >= 15 is 0 Å². The lowest BCUT2D eigenvalue weighted by atomic mass is 10.1. The van der Waals surface area contributed by atoms with Gasteiger partial charge >= 0.3 is 0 Å². The summed E-state index contributed by atoms with van der Waals surface area (Å²) in [7, 11) is 0. The molecule has 140 valence electrons. The van der Waals surface area contributed by atoms with E-state index in [0.29, 0.717) is 31.3 Å². The van der Waals surface area contributed by atoms with Crippen LogP contribution in [0.15, 0.2) is 18.3 Å². The SMILES string of the molecule is CC(C)N(C(=O)c1cc(OCC2COC(C)(C)OC2)ccn1)C(C)C. The quantitative estimate of drug-likeness (QED) is 0.789. The van der Waals surface area contributed by atoms with E-state index in [1.807, 2.05) is 46.4 Å². The highest BCUT2D eigenvalue weighted by Crippen LogP contribution is 2.22. The van der Waals surface area contributed by atoms with Crippen molar-refractivity contribution in [1.82, 2.24) is 9.88 Å². The van der Waals surface area contributed by atoms with Crippen LogP contribution >= 0.6 is 0 Å². The third-order valence-electron chi connectivity index (χ3n) is 4.12. The summed E-state index contributed by atoms with van der Waals surface area (Å²) in [6.07, 6.45) is 1.61. The lowest BCUT2D eigenvalue weighted by molar-refractivity contribution is -0.264. The van der Waals surface area contributed by atoms with E-state index in [0.717, 1.165) is 0 Å². The van der Waals surface area contributed by atoms with Crippen molar-refractivity contribution in [3.63, 3.8) is 0 Å². The van der Waals surface area contributed by atoms with Crippen LogP contribution in [0.2, 0.25) is 0 Å². The minimum Gasteiger partial charge on any atom is -0.493 e. The minimum atomic E-state index is -0.524. The molecule has 0 spiro atoms. The molecule has 0 aromatic carbocycles. The molecule has 25 heavy (non-hydrogen) atoms. The largest absolute Gasteiger partial charge is 0.493 e. The van der Waals surface area contributed by atoms with Crippen LogP contribution in [0.4, 0.5) is 0 Å². The molecule has 6 nitrogen and oxygen atoms in total. The third-order valence-corrected chi connectivity index (χ3v) is 4.12. The normalized spacial score (nSPS) is 17.8. The van der Waals surface area contributed by atoms with E-state index in [1.165, 1.54) is 0 Å². The number of carbonyl (C=O) groups is 1. The molecule has 1 aliphatic rings. The summed E-state index contributed by atoms with van der Waals surface area (Å²) < 4.78 is 17.1. The number of aromatic nitrogens is 1. The summed E-state index contributed by atoms with van der Waals surface area (Å²) in [5.74, 6) is 0.199. The highest BCUT2D eigenvalue weighted by atomic mass is 16.7. The second-order valence-electron chi connectivity index (χ2n) is 7.48. The maximum Gasteiger partial charge on any atom is 0.273 e. The lowest BCUT2D eigenvalue weighted by Crippen LogP contribution is -2.42. The molecule has 1 aromatic heterocycles. The van der Waals surface area contributed by atoms with Gasteiger partial charge in [0, 0.05) is 30.3 Å². The molecular weight excluding hydrogens is 320 g/mol. The monoisotopic (exact) mass is 350 g/mol. The number of hydrogen-bond acceptors (Lipinski definition) is 5. The first-order valence-electron chi connectivity index (χ1n) is 8.89. The first-order valence-corrected chi connectivity index (χ1v) is 8.89. The van der Waals surface area contributed by atoms with Gasteiger partial charge in [-0.05, 0) is 47.6 Å². The molecule has 2 rings (SSSR count). The van der Waals surface area contributed by atoms with Crippen LogP contribution in [-0.2, 0) is 9.47 Å². The highest BCUT2D eigenvalue weighted by molar-refractivity contribution is 5.93. The van der Waals surface area contributed by atoms with E-state index in [4.69, 9.17) is 14.2 Å². The van der Waals surface area contributed by atoms with Crippen LogP contribution in [0.5, 0.6) is 5.75 Å². The number of rotatable bonds is 6. The van der Waals surface area contributed by atoms with Crippen molar-refractivity contribution in [3.05, 3.63) is 24.0 Å². The molecule has 0 radical (unpaired) electrons. The van der Waals surface area contributed by atoms with Crippen LogP contribution in [0.3, 0.4) is 0 Å². The van der Waals surface area contributed by atoms with Gasteiger partial charge in [0.25, 0.3) is 5.91 Å². The maximum absolute atomic E-state index is 12.7. The van der Waals surface area contributed by atoms with Crippen LogP contribution in [0.25, 0.3) is 0 Å². The van der Waals surface area contributed by atoms with Crippen molar-refractivity contribution in [3.8, 4) is 5.75 Å². The van der Waals surface area contributed by atoms with Crippen LogP contribution in [0, 0.1) is 5.92 Å². The van der Waals surface area contributed by atoms with Crippen LogP contribution in [0.1, 0.15) is 52.0 Å². The average Bonchev–Trinajstić information content (AvgIpc) is 2.53. The summed E-state index contributed by atoms with van der Waals surface area (Å²) in [4.78, 5) is 18.8. The zero-order chi connectivity index (χ0) is 18.6. The summed E-state index contributed by atoms with van der Waals surface area (Å²) in [5.41, 5.74) is 0.400. The maximum atomic E-state index is 12.7. The van der Waals surface area contributed by atoms with E-state index in [9.17, 15) is 4.79 Å². The molecule has 0 atom stereocenters. The van der Waals surface area contributed by atoms with E-state index in [-0.39, 0.29) is 23.9 Å². The van der Waals surface area contributed by atoms with Gasteiger partial charge in [0.2, 0.25) is 0 Å². The summed E-state index contributed by atoms with van der Waals surface area (Å²) in [6, 6.07) is 3.69. The Morgan fingerprint density at radius 1 is 1.28 bits per heavy atom. The Morgan fingerprint density at radius 3 is 2.44 bits per heavy atom. The van der Waals surface area contributed by atoms with Gasteiger partial charge in [0.1, 0.15) is 11.4 Å². The molecule has 1 saturated heterocycles. The Hall–Kier alpha value is -1.66. The number of carbonyl (C=O) groups excluding carboxylic acids is 1. The second-order valence-corrected chi connectivity index (χ2v) is 7.48. The molecular formula is C19H30N2O4. The summed E-state index contributed by atoms with van der Waals surface area (Å²) in [6.45, 7) is 13.5. The predicted molar refractivity (Wildman–Crippen MR) is 95.6 cm³/mol. The Kier molecular flexibility index (Phi) is 6.41. The topological polar surface area (TPSA) is 60.9 Å². The first-order chi connectivity index (χ1) is 11.7. The van der Waals surface area contributed by atoms with Gasteiger partial charge in [0.15, 0.2) is 5.79 Å². The number of pyridine rings is 1. The van der Waals surface area contributed by atoms with Gasteiger partial charge in [0.05, 0.1) is 19.8 Å². The summed E-state index contributed by atoms with van der Waals surface area (Å²) in [5, 5.41) is 0. The van der Waals surface area contributed by atoms with Crippen molar-refractivity contribution >= 4 is 5.91 Å². The minimum absolute atomic E-state index is 0.0819. The average molecular weight is 350 g/mol. The fourth-order valence-corrected chi connectivity index (χ4v) is 2.85. The predicted octanol–water partition coefficient (Wildman–Crippen LogP) is 3.12. The summed E-state index contributed by atoms with van der Waals surface area (Å²) >= 11 is 0. The Balaban J connectivity index is 1.98. The van der Waals surface area contributed by atoms with Gasteiger partial charge in [-0.2, -0.15) is 0 Å². The van der Waals surface area contributed by atoms with Crippen molar-refractivity contribution < 1.29 is 19.0 Å². The van der Waals surface area contributed by atoms with E-state index < -0.39 is 5.79 Å². The van der Waals surface area contributed by atoms with Gasteiger partial charge in [-0.15, -0.1) is 0 Å². The Labute approximate surface area is 150 Å². The molecule has 0 bridgehead atoms. The van der Waals surface area contributed by atoms with Gasteiger partial charge in [-0.25, -0.2) is 0 Å². The van der Waals surface area contributed by atoms with E-state index in [1.54, 1.807) is 18.3 Å². The second kappa shape index (κ2) is 8.15. The molecule has 6 heteroatoms. The van der Waals surface area contributed by atoms with Gasteiger partial charge < -0.3 is 19.1 Å². The zero-order valence-electron chi connectivity index (χ0n) is 16.1. The smallest absolute Gasteiger partial charge is 0.273 e. The molecule has 1 fully saturated rings. The van der Waals surface area contributed by atoms with Crippen molar-refractivity contribution in [1.29, 1.82) is 0 Å². The van der Waals surface area contributed by atoms with Crippen LogP contribution < -0.4 is 4.74 Å². The number of ether oxygens (including phenoxy) is 3. The van der Waals surface area contributed by atoms with Crippen molar-refractivity contribution in [2.45, 2.75) is 59.4 Å². The fourth-order valence-electron chi connectivity index (χ4n) is 2.85. The van der Waals surface area contributed by atoms with Gasteiger partial charge in [-0.1, -0.05) is 0 Å². The van der Waals surface area contributed by atoms with Crippen molar-refractivity contribution in [2.24, 2.45) is 5.92 Å². The molecule has 1 amide bonds. The standard InChI is InChI=1S/C19H30N2O4/c1-13(2)21(14(3)4)18(22)17-9-16(7-8-20-17)23-10-15-11-24-19(5,6)25-12-15/h7-9,13-15H,10-12H2,1-6H3. The Morgan fingerprint density at radius 2 is 1.88 bits per heavy atom. The lowest BCUT2D eigenvalue weighted by Gasteiger charge is -2.34. The Bertz CT molecular complexity index is 569. The van der Waals surface area contributed by atoms with E-state index in [2.05, 4.69) is 4.98 Å². The molecule has 0 N–H and O–H groups in total. The molecule has 0 saturated carbocycles. The molecule has 1 aliphatic heterocycles. The zero-order valence-corrected chi connectivity index (χ0v) is 16.1. The fraction of sp³-hybridized carbons (Fsp3) is 0.684. The molecule has 0 aliphatic carbocycles. The first kappa shape index (κ1) is 19.7. The highest BCUT2D eigenvalue weighted by Gasteiger charge is 2.28. The van der Waals surface area contributed by atoms with Crippen LogP contribution in [-0.4, -0.2) is 53.5 Å². The molecule has 2 heterocycles. The number of nitrogens with zero attached hydrogens (tertiary/aromatic N) is 2. The number of amides is 1.